The van der Waals surface area contributed by atoms with E-state index >= 15 is 0 Å². The molecule has 4 amide bonds. The molecular weight excluding hydrogens is 496 g/mol. The zero-order valence-corrected chi connectivity index (χ0v) is 22.0. The quantitative estimate of drug-likeness (QED) is 0.480. The van der Waals surface area contributed by atoms with Crippen molar-refractivity contribution in [2.24, 2.45) is 11.7 Å². The second-order valence-corrected chi connectivity index (χ2v) is 10.5. The third-order valence-electron chi connectivity index (χ3n) is 8.07. The van der Waals surface area contributed by atoms with Crippen LogP contribution in [-0.4, -0.2) is 60.8 Å². The van der Waals surface area contributed by atoms with Crippen LogP contribution in [0.5, 0.6) is 5.75 Å². The van der Waals surface area contributed by atoms with Gasteiger partial charge in [-0.05, 0) is 49.0 Å². The molecule has 0 aromatic heterocycles. The number of rotatable bonds is 8. The van der Waals surface area contributed by atoms with Gasteiger partial charge < -0.3 is 26.0 Å². The van der Waals surface area contributed by atoms with Gasteiger partial charge in [-0.1, -0.05) is 42.5 Å². The Morgan fingerprint density at radius 1 is 1.15 bits per heavy atom. The highest BCUT2D eigenvalue weighted by molar-refractivity contribution is 6.03. The molecule has 0 spiro atoms. The van der Waals surface area contributed by atoms with Gasteiger partial charge in [0.05, 0.1) is 7.11 Å². The van der Waals surface area contributed by atoms with Gasteiger partial charge in [-0.25, -0.2) is 0 Å². The van der Waals surface area contributed by atoms with Gasteiger partial charge in [0, 0.05) is 42.5 Å². The van der Waals surface area contributed by atoms with Crippen molar-refractivity contribution >= 4 is 29.7 Å². The summed E-state index contributed by atoms with van der Waals surface area (Å²) in [6.45, 7) is 0.979. The largest absolute Gasteiger partial charge is 0.496 e. The standard InChI is InChI=1S/C30H34N4O5/c1-39-26-11-5-9-19-13-21(14-23(19)26)30(38)34-17-22(18-7-3-2-4-8-18)16-25(34)29(37)33-24(27(31)35)15-20-10-6-12-32-28(20)36/h2-5,7-9,11,14,20,22,24-25H,6,10,12-13,15-17H2,1H3,(H2,31,35)(H,32,36)(H,33,37)/t20-,22+,24-,25-/m0/s1. The first-order chi connectivity index (χ1) is 18.9. The van der Waals surface area contributed by atoms with E-state index in [1.54, 1.807) is 12.0 Å². The van der Waals surface area contributed by atoms with E-state index in [9.17, 15) is 19.2 Å². The smallest absolute Gasteiger partial charge is 0.250 e. The van der Waals surface area contributed by atoms with E-state index in [0.717, 1.165) is 23.1 Å². The van der Waals surface area contributed by atoms with Gasteiger partial charge in [-0.15, -0.1) is 0 Å². The number of nitrogens with two attached hydrogens (primary N) is 1. The molecule has 5 rings (SSSR count). The zero-order chi connectivity index (χ0) is 27.5. The van der Waals surface area contributed by atoms with Crippen LogP contribution in [-0.2, 0) is 25.6 Å². The number of benzene rings is 2. The highest BCUT2D eigenvalue weighted by Crippen LogP contribution is 2.37. The molecule has 0 bridgehead atoms. The van der Waals surface area contributed by atoms with Crippen LogP contribution >= 0.6 is 0 Å². The lowest BCUT2D eigenvalue weighted by molar-refractivity contribution is -0.137. The van der Waals surface area contributed by atoms with Crippen LogP contribution in [0.4, 0.5) is 0 Å². The summed E-state index contributed by atoms with van der Waals surface area (Å²) in [7, 11) is 1.60. The van der Waals surface area contributed by atoms with Gasteiger partial charge in [-0.2, -0.15) is 0 Å². The minimum Gasteiger partial charge on any atom is -0.496 e. The molecule has 0 saturated carbocycles. The molecule has 39 heavy (non-hydrogen) atoms. The number of ether oxygens (including phenoxy) is 1. The Balaban J connectivity index is 1.38. The average Bonchev–Trinajstić information content (AvgIpc) is 3.59. The summed E-state index contributed by atoms with van der Waals surface area (Å²) >= 11 is 0. The van der Waals surface area contributed by atoms with Crippen molar-refractivity contribution in [3.63, 3.8) is 0 Å². The van der Waals surface area contributed by atoms with E-state index in [1.807, 2.05) is 54.6 Å². The average molecular weight is 531 g/mol. The molecule has 2 aromatic rings. The lowest BCUT2D eigenvalue weighted by atomic mass is 9.91. The molecule has 2 fully saturated rings. The van der Waals surface area contributed by atoms with Crippen LogP contribution in [0, 0.1) is 5.92 Å². The number of likely N-dealkylation sites (tertiary alicyclic amines) is 1. The number of hydrogen-bond acceptors (Lipinski definition) is 5. The lowest BCUT2D eigenvalue weighted by Gasteiger charge is -2.28. The van der Waals surface area contributed by atoms with Gasteiger partial charge in [0.2, 0.25) is 17.7 Å². The highest BCUT2D eigenvalue weighted by Gasteiger charge is 2.42. The summed E-state index contributed by atoms with van der Waals surface area (Å²) in [5.74, 6) is -1.22. The number of primary amides is 1. The SMILES string of the molecule is COc1cccc2c1C=C(C(=O)N1C[C@H](c3ccccc3)C[C@H]1C(=O)N[C@@H](C[C@@H]1CCCNC1=O)C(N)=O)C2. The summed E-state index contributed by atoms with van der Waals surface area (Å²) < 4.78 is 5.48. The summed E-state index contributed by atoms with van der Waals surface area (Å²) in [6.07, 6.45) is 4.29. The Morgan fingerprint density at radius 2 is 1.95 bits per heavy atom. The van der Waals surface area contributed by atoms with E-state index in [-0.39, 0.29) is 24.2 Å². The molecule has 1 aliphatic carbocycles. The molecule has 204 valence electrons. The van der Waals surface area contributed by atoms with Crippen molar-refractivity contribution in [2.45, 2.75) is 50.1 Å². The monoisotopic (exact) mass is 530 g/mol. The maximum absolute atomic E-state index is 13.9. The van der Waals surface area contributed by atoms with Crippen molar-refractivity contribution < 1.29 is 23.9 Å². The first-order valence-electron chi connectivity index (χ1n) is 13.5. The van der Waals surface area contributed by atoms with Crippen molar-refractivity contribution in [2.75, 3.05) is 20.2 Å². The van der Waals surface area contributed by atoms with E-state index in [0.29, 0.717) is 43.7 Å². The number of hydrogen-bond donors (Lipinski definition) is 3. The van der Waals surface area contributed by atoms with E-state index in [1.165, 1.54) is 0 Å². The number of carbonyl (C=O) groups excluding carboxylic acids is 4. The van der Waals surface area contributed by atoms with E-state index < -0.39 is 29.8 Å². The van der Waals surface area contributed by atoms with Gasteiger partial charge in [0.1, 0.15) is 17.8 Å². The number of nitrogens with one attached hydrogen (secondary N) is 2. The number of methoxy groups -OCH3 is 1. The van der Waals surface area contributed by atoms with E-state index in [4.69, 9.17) is 10.5 Å². The van der Waals surface area contributed by atoms with Crippen LogP contribution in [0.15, 0.2) is 54.1 Å². The van der Waals surface area contributed by atoms with Crippen LogP contribution in [0.3, 0.4) is 0 Å². The van der Waals surface area contributed by atoms with Crippen LogP contribution in [0.25, 0.3) is 6.08 Å². The number of amides is 4. The third-order valence-corrected chi connectivity index (χ3v) is 8.07. The maximum atomic E-state index is 13.9. The van der Waals surface area contributed by atoms with Crippen molar-refractivity contribution in [1.29, 1.82) is 0 Å². The van der Waals surface area contributed by atoms with Gasteiger partial charge in [0.15, 0.2) is 0 Å². The maximum Gasteiger partial charge on any atom is 0.250 e. The lowest BCUT2D eigenvalue weighted by Crippen LogP contribution is -2.53. The predicted octanol–water partition coefficient (Wildman–Crippen LogP) is 1.91. The Hall–Kier alpha value is -4.14. The molecule has 2 saturated heterocycles. The van der Waals surface area contributed by atoms with Crippen LogP contribution in [0.2, 0.25) is 0 Å². The fourth-order valence-electron chi connectivity index (χ4n) is 5.97. The Kier molecular flexibility index (Phi) is 7.67. The summed E-state index contributed by atoms with van der Waals surface area (Å²) in [4.78, 5) is 53.7. The summed E-state index contributed by atoms with van der Waals surface area (Å²) in [5.41, 5.74) is 9.15. The third kappa shape index (κ3) is 5.53. The van der Waals surface area contributed by atoms with Gasteiger partial charge >= 0.3 is 0 Å². The normalized spacial score (nSPS) is 22.9. The molecular formula is C30H34N4O5. The summed E-state index contributed by atoms with van der Waals surface area (Å²) in [5, 5.41) is 5.59. The minimum atomic E-state index is -1.00. The van der Waals surface area contributed by atoms with Gasteiger partial charge in [0.25, 0.3) is 5.91 Å². The minimum absolute atomic E-state index is 0.0408. The Morgan fingerprint density at radius 3 is 2.67 bits per heavy atom. The van der Waals surface area contributed by atoms with Crippen molar-refractivity contribution in [3.05, 3.63) is 70.8 Å². The van der Waals surface area contributed by atoms with Gasteiger partial charge in [-0.3, -0.25) is 19.2 Å². The number of nitrogens with zero attached hydrogens (tertiary/aromatic N) is 1. The first-order valence-corrected chi connectivity index (χ1v) is 13.5. The number of piperidine rings is 1. The second kappa shape index (κ2) is 11.3. The molecule has 4 atom stereocenters. The summed E-state index contributed by atoms with van der Waals surface area (Å²) in [6, 6.07) is 13.7. The Labute approximate surface area is 227 Å². The molecule has 4 N–H and O–H groups in total. The predicted molar refractivity (Wildman–Crippen MR) is 145 cm³/mol. The molecule has 0 unspecified atom stereocenters. The topological polar surface area (TPSA) is 131 Å². The molecule has 3 aliphatic rings. The van der Waals surface area contributed by atoms with Crippen LogP contribution < -0.4 is 21.1 Å². The highest BCUT2D eigenvalue weighted by atomic mass is 16.5. The fraction of sp³-hybridized carbons (Fsp3) is 0.400. The number of carbonyl (C=O) groups is 4. The second-order valence-electron chi connectivity index (χ2n) is 10.5. The van der Waals surface area contributed by atoms with Crippen molar-refractivity contribution in [1.82, 2.24) is 15.5 Å². The zero-order valence-electron chi connectivity index (χ0n) is 22.0. The van der Waals surface area contributed by atoms with Crippen LogP contribution in [0.1, 0.15) is 48.3 Å². The molecule has 2 aromatic carbocycles. The first kappa shape index (κ1) is 26.5. The van der Waals surface area contributed by atoms with E-state index in [2.05, 4.69) is 10.6 Å². The molecule has 9 nitrogen and oxygen atoms in total. The Bertz CT molecular complexity index is 1310. The molecule has 0 radical (unpaired) electrons. The molecule has 2 aliphatic heterocycles. The van der Waals surface area contributed by atoms with Crippen molar-refractivity contribution in [3.8, 4) is 5.75 Å². The number of fused-ring (bicyclic) bond motifs is 1. The molecule has 9 heteroatoms. The molecule has 2 heterocycles. The fourth-order valence-corrected chi connectivity index (χ4v) is 5.97.